The molecule has 0 unspecified atom stereocenters. The van der Waals surface area contributed by atoms with E-state index in [4.69, 9.17) is 22.7 Å². The van der Waals surface area contributed by atoms with Crippen LogP contribution < -0.4 is 10.5 Å². The van der Waals surface area contributed by atoms with E-state index in [0.717, 1.165) is 26.9 Å². The molecule has 2 aromatic carbocycles. The number of nitrogens with two attached hydrogens (primary N) is 1. The van der Waals surface area contributed by atoms with E-state index in [9.17, 15) is 0 Å². The predicted molar refractivity (Wildman–Crippen MR) is 85.5 cm³/mol. The maximum absolute atomic E-state index is 5.81. The van der Waals surface area contributed by atoms with Crippen molar-refractivity contribution in [3.63, 3.8) is 0 Å². The lowest BCUT2D eigenvalue weighted by Crippen LogP contribution is -2.12. The minimum atomic E-state index is 0.355. The highest BCUT2D eigenvalue weighted by Crippen LogP contribution is 2.22. The zero-order chi connectivity index (χ0) is 13.8. The first-order chi connectivity index (χ1) is 9.06. The van der Waals surface area contributed by atoms with Crippen LogP contribution in [0.25, 0.3) is 0 Å². The quantitative estimate of drug-likeness (QED) is 0.858. The molecule has 0 spiro atoms. The number of ether oxygens (including phenoxy) is 1. The highest BCUT2D eigenvalue weighted by Gasteiger charge is 2.07. The lowest BCUT2D eigenvalue weighted by atomic mass is 10.1. The number of hydrogen-bond donors (Lipinski definition) is 1. The summed E-state index contributed by atoms with van der Waals surface area (Å²) in [4.78, 5) is 0.355. The van der Waals surface area contributed by atoms with Crippen molar-refractivity contribution in [2.24, 2.45) is 5.73 Å². The molecule has 19 heavy (non-hydrogen) atoms. The van der Waals surface area contributed by atoms with Crippen molar-refractivity contribution in [1.29, 1.82) is 0 Å². The third-order valence-electron chi connectivity index (χ3n) is 2.68. The van der Waals surface area contributed by atoms with Crippen LogP contribution in [0.2, 0.25) is 0 Å². The third-order valence-corrected chi connectivity index (χ3v) is 3.40. The van der Waals surface area contributed by atoms with E-state index < -0.39 is 0 Å². The van der Waals surface area contributed by atoms with Gasteiger partial charge in [-0.2, -0.15) is 0 Å². The van der Waals surface area contributed by atoms with E-state index in [2.05, 4.69) is 15.9 Å². The van der Waals surface area contributed by atoms with E-state index in [1.165, 1.54) is 0 Å². The molecule has 0 aliphatic heterocycles. The second-order valence-electron chi connectivity index (χ2n) is 4.28. The normalized spacial score (nSPS) is 10.2. The van der Waals surface area contributed by atoms with Gasteiger partial charge in [0.2, 0.25) is 0 Å². The lowest BCUT2D eigenvalue weighted by molar-refractivity contribution is 0.305. The van der Waals surface area contributed by atoms with Crippen molar-refractivity contribution in [3.8, 4) is 5.75 Å². The van der Waals surface area contributed by atoms with Gasteiger partial charge in [-0.3, -0.25) is 0 Å². The lowest BCUT2D eigenvalue weighted by Gasteiger charge is -2.11. The number of benzene rings is 2. The molecule has 0 aliphatic carbocycles. The second kappa shape index (κ2) is 6.17. The number of halogens is 1. The number of rotatable bonds is 4. The van der Waals surface area contributed by atoms with Crippen molar-refractivity contribution in [3.05, 3.63) is 63.6 Å². The maximum Gasteiger partial charge on any atom is 0.130 e. The number of aryl methyl sites for hydroxylation is 1. The summed E-state index contributed by atoms with van der Waals surface area (Å²) in [6, 6.07) is 13.8. The van der Waals surface area contributed by atoms with Crippen LogP contribution in [0.15, 0.2) is 46.9 Å². The Hall–Kier alpha value is -1.39. The molecular weight excluding hydrogens is 322 g/mol. The molecule has 2 aromatic rings. The van der Waals surface area contributed by atoms with Gasteiger partial charge in [0.1, 0.15) is 17.3 Å². The SMILES string of the molecule is Cc1ccc(OCc2cccc(Br)c2)c(C(N)=S)c1. The van der Waals surface area contributed by atoms with Crippen LogP contribution in [0.3, 0.4) is 0 Å². The largest absolute Gasteiger partial charge is 0.488 e. The van der Waals surface area contributed by atoms with Gasteiger partial charge < -0.3 is 10.5 Å². The van der Waals surface area contributed by atoms with Crippen LogP contribution in [0, 0.1) is 6.92 Å². The highest BCUT2D eigenvalue weighted by atomic mass is 79.9. The molecule has 0 aliphatic rings. The van der Waals surface area contributed by atoms with Crippen molar-refractivity contribution < 1.29 is 4.74 Å². The van der Waals surface area contributed by atoms with Crippen LogP contribution in [0.1, 0.15) is 16.7 Å². The van der Waals surface area contributed by atoms with Crippen molar-refractivity contribution >= 4 is 33.1 Å². The fourth-order valence-electron chi connectivity index (χ4n) is 1.75. The van der Waals surface area contributed by atoms with Gasteiger partial charge in [0.05, 0.1) is 5.56 Å². The van der Waals surface area contributed by atoms with Gasteiger partial charge in [-0.15, -0.1) is 0 Å². The standard InChI is InChI=1S/C15H14BrNOS/c1-10-5-6-14(13(7-10)15(17)19)18-9-11-3-2-4-12(16)8-11/h2-8H,9H2,1H3,(H2,17,19). The van der Waals surface area contributed by atoms with E-state index in [-0.39, 0.29) is 0 Å². The average Bonchev–Trinajstić information content (AvgIpc) is 2.37. The minimum absolute atomic E-state index is 0.355. The summed E-state index contributed by atoms with van der Waals surface area (Å²) in [7, 11) is 0. The summed E-state index contributed by atoms with van der Waals surface area (Å²) in [5, 5.41) is 0. The molecular formula is C15H14BrNOS. The highest BCUT2D eigenvalue weighted by molar-refractivity contribution is 9.10. The molecule has 0 saturated heterocycles. The number of hydrogen-bond acceptors (Lipinski definition) is 2. The van der Waals surface area contributed by atoms with Gasteiger partial charge in [-0.25, -0.2) is 0 Å². The Bertz CT molecular complexity index is 613. The third kappa shape index (κ3) is 3.78. The van der Waals surface area contributed by atoms with E-state index in [1.54, 1.807) is 0 Å². The first kappa shape index (κ1) is 14.0. The Morgan fingerprint density at radius 3 is 2.74 bits per heavy atom. The second-order valence-corrected chi connectivity index (χ2v) is 5.64. The summed E-state index contributed by atoms with van der Waals surface area (Å²) < 4.78 is 6.84. The summed E-state index contributed by atoms with van der Waals surface area (Å²) >= 11 is 8.49. The predicted octanol–water partition coefficient (Wildman–Crippen LogP) is 3.97. The van der Waals surface area contributed by atoms with Gasteiger partial charge in [0, 0.05) is 4.47 Å². The summed E-state index contributed by atoms with van der Waals surface area (Å²) in [5.41, 5.74) is 8.70. The van der Waals surface area contributed by atoms with Crippen molar-refractivity contribution in [2.75, 3.05) is 0 Å². The summed E-state index contributed by atoms with van der Waals surface area (Å²) in [5.74, 6) is 0.720. The Morgan fingerprint density at radius 2 is 2.05 bits per heavy atom. The van der Waals surface area contributed by atoms with Crippen LogP contribution >= 0.6 is 28.1 Å². The summed E-state index contributed by atoms with van der Waals surface area (Å²) in [6.45, 7) is 2.48. The van der Waals surface area contributed by atoms with Crippen molar-refractivity contribution in [2.45, 2.75) is 13.5 Å². The van der Waals surface area contributed by atoms with Crippen LogP contribution in [-0.4, -0.2) is 4.99 Å². The zero-order valence-electron chi connectivity index (χ0n) is 10.5. The molecule has 0 heterocycles. The first-order valence-corrected chi connectivity index (χ1v) is 7.04. The molecule has 0 bridgehead atoms. The Balaban J connectivity index is 2.17. The van der Waals surface area contributed by atoms with Crippen LogP contribution in [-0.2, 0) is 6.61 Å². The zero-order valence-corrected chi connectivity index (χ0v) is 12.9. The average molecular weight is 336 g/mol. The van der Waals surface area contributed by atoms with Crippen LogP contribution in [0.4, 0.5) is 0 Å². The van der Waals surface area contributed by atoms with Crippen molar-refractivity contribution in [1.82, 2.24) is 0 Å². The molecule has 4 heteroatoms. The Morgan fingerprint density at radius 1 is 1.26 bits per heavy atom. The molecule has 0 radical (unpaired) electrons. The smallest absolute Gasteiger partial charge is 0.130 e. The van der Waals surface area contributed by atoms with Gasteiger partial charge >= 0.3 is 0 Å². The van der Waals surface area contributed by atoms with Gasteiger partial charge in [0.15, 0.2) is 0 Å². The van der Waals surface area contributed by atoms with Gasteiger partial charge in [-0.1, -0.05) is 51.9 Å². The molecule has 2 N–H and O–H groups in total. The fourth-order valence-corrected chi connectivity index (χ4v) is 2.36. The van der Waals surface area contributed by atoms with Crippen LogP contribution in [0.5, 0.6) is 5.75 Å². The molecule has 0 atom stereocenters. The molecule has 2 nitrogen and oxygen atoms in total. The molecule has 2 rings (SSSR count). The van der Waals surface area contributed by atoms with E-state index in [1.807, 2.05) is 49.4 Å². The van der Waals surface area contributed by atoms with Gasteiger partial charge in [-0.05, 0) is 36.8 Å². The monoisotopic (exact) mass is 335 g/mol. The molecule has 0 saturated carbocycles. The Kier molecular flexibility index (Phi) is 4.56. The van der Waals surface area contributed by atoms with E-state index >= 15 is 0 Å². The molecule has 0 aromatic heterocycles. The van der Waals surface area contributed by atoms with Gasteiger partial charge in [0.25, 0.3) is 0 Å². The molecule has 0 amide bonds. The first-order valence-electron chi connectivity index (χ1n) is 5.84. The maximum atomic E-state index is 5.81. The summed E-state index contributed by atoms with van der Waals surface area (Å²) in [6.07, 6.45) is 0. The fraction of sp³-hybridized carbons (Fsp3) is 0.133. The minimum Gasteiger partial charge on any atom is -0.488 e. The topological polar surface area (TPSA) is 35.2 Å². The Labute approximate surface area is 126 Å². The molecule has 0 fully saturated rings. The molecule has 98 valence electrons. The number of thiocarbonyl (C=S) groups is 1. The van der Waals surface area contributed by atoms with E-state index in [0.29, 0.717) is 11.6 Å².